The second-order valence-electron chi connectivity index (χ2n) is 3.90. The Hall–Kier alpha value is -1.26. The minimum absolute atomic E-state index is 0.309. The van der Waals surface area contributed by atoms with Gasteiger partial charge in [0.2, 0.25) is 0 Å². The van der Waals surface area contributed by atoms with Crippen LogP contribution in [0.3, 0.4) is 0 Å². The quantitative estimate of drug-likeness (QED) is 0.941. The minimum Gasteiger partial charge on any atom is -0.306 e. The largest absolute Gasteiger partial charge is 0.306 e. The summed E-state index contributed by atoms with van der Waals surface area (Å²) < 4.78 is 1.10. The van der Waals surface area contributed by atoms with Gasteiger partial charge in [0, 0.05) is 35.0 Å². The number of nitrogens with one attached hydrogen (secondary N) is 1. The summed E-state index contributed by atoms with van der Waals surface area (Å²) in [4.78, 5) is 7.98. The van der Waals surface area contributed by atoms with Crippen molar-refractivity contribution in [1.29, 1.82) is 0 Å². The third kappa shape index (κ3) is 3.61. The maximum absolute atomic E-state index is 3.99. The Morgan fingerprint density at radius 3 is 2.47 bits per heavy atom. The van der Waals surface area contributed by atoms with Crippen LogP contribution in [0.2, 0.25) is 0 Å². The van der Waals surface area contributed by atoms with Gasteiger partial charge < -0.3 is 5.32 Å². The molecule has 0 saturated heterocycles. The van der Waals surface area contributed by atoms with Gasteiger partial charge in [-0.15, -0.1) is 0 Å². The predicted octanol–water partition coefficient (Wildman–Crippen LogP) is 3.09. The molecule has 0 fully saturated rings. The van der Waals surface area contributed by atoms with Crippen molar-refractivity contribution in [2.75, 3.05) is 0 Å². The SMILES string of the molecule is CC(NCc1cncnc1)c1ccc(Br)cc1. The van der Waals surface area contributed by atoms with E-state index in [9.17, 15) is 0 Å². The summed E-state index contributed by atoms with van der Waals surface area (Å²) in [5, 5.41) is 3.44. The highest BCUT2D eigenvalue weighted by Crippen LogP contribution is 2.16. The molecule has 1 aromatic heterocycles. The highest BCUT2D eigenvalue weighted by Gasteiger charge is 2.04. The number of halogens is 1. The normalized spacial score (nSPS) is 12.4. The first-order valence-corrected chi connectivity index (χ1v) is 6.28. The van der Waals surface area contributed by atoms with E-state index in [1.54, 1.807) is 6.33 Å². The first-order valence-electron chi connectivity index (χ1n) is 5.48. The van der Waals surface area contributed by atoms with Crippen LogP contribution in [-0.4, -0.2) is 9.97 Å². The zero-order valence-corrected chi connectivity index (χ0v) is 11.2. The molecular formula is C13H14BrN3. The molecule has 0 aliphatic carbocycles. The van der Waals surface area contributed by atoms with E-state index in [2.05, 4.69) is 62.4 Å². The van der Waals surface area contributed by atoms with Gasteiger partial charge in [0.15, 0.2) is 0 Å². The molecule has 2 rings (SSSR count). The summed E-state index contributed by atoms with van der Waals surface area (Å²) in [6.45, 7) is 2.92. The van der Waals surface area contributed by atoms with Gasteiger partial charge in [-0.05, 0) is 24.6 Å². The summed E-state index contributed by atoms with van der Waals surface area (Å²) in [6, 6.07) is 8.65. The smallest absolute Gasteiger partial charge is 0.115 e. The van der Waals surface area contributed by atoms with E-state index in [1.807, 2.05) is 12.4 Å². The van der Waals surface area contributed by atoms with Gasteiger partial charge in [-0.1, -0.05) is 28.1 Å². The van der Waals surface area contributed by atoms with Crippen molar-refractivity contribution in [2.24, 2.45) is 0 Å². The van der Waals surface area contributed by atoms with Crippen LogP contribution in [0.1, 0.15) is 24.1 Å². The van der Waals surface area contributed by atoms with E-state index >= 15 is 0 Å². The van der Waals surface area contributed by atoms with Crippen LogP contribution >= 0.6 is 15.9 Å². The van der Waals surface area contributed by atoms with Crippen LogP contribution in [0.15, 0.2) is 47.5 Å². The topological polar surface area (TPSA) is 37.8 Å². The molecule has 0 saturated carbocycles. The molecule has 0 amide bonds. The summed E-state index contributed by atoms with van der Waals surface area (Å²) in [5.41, 5.74) is 2.36. The van der Waals surface area contributed by atoms with Crippen LogP contribution in [0.4, 0.5) is 0 Å². The van der Waals surface area contributed by atoms with Crippen molar-refractivity contribution in [1.82, 2.24) is 15.3 Å². The van der Waals surface area contributed by atoms with Crippen molar-refractivity contribution >= 4 is 15.9 Å². The maximum atomic E-state index is 3.99. The number of benzene rings is 1. The van der Waals surface area contributed by atoms with Gasteiger partial charge in [-0.3, -0.25) is 0 Å². The molecule has 1 atom stereocenters. The highest BCUT2D eigenvalue weighted by atomic mass is 79.9. The first kappa shape index (κ1) is 12.2. The van der Waals surface area contributed by atoms with Gasteiger partial charge in [0.1, 0.15) is 6.33 Å². The van der Waals surface area contributed by atoms with E-state index in [0.29, 0.717) is 6.04 Å². The molecule has 1 unspecified atom stereocenters. The fraction of sp³-hybridized carbons (Fsp3) is 0.231. The second kappa shape index (κ2) is 5.89. The standard InChI is InChI=1S/C13H14BrN3/c1-10(12-2-4-13(14)5-3-12)17-8-11-6-15-9-16-7-11/h2-7,9-10,17H,8H2,1H3. The lowest BCUT2D eigenvalue weighted by atomic mass is 10.1. The lowest BCUT2D eigenvalue weighted by Gasteiger charge is -2.14. The Bertz CT molecular complexity index is 456. The molecule has 1 N–H and O–H groups in total. The van der Waals surface area contributed by atoms with Crippen molar-refractivity contribution in [3.8, 4) is 0 Å². The van der Waals surface area contributed by atoms with Gasteiger partial charge in [0.25, 0.3) is 0 Å². The van der Waals surface area contributed by atoms with Crippen LogP contribution in [-0.2, 0) is 6.54 Å². The molecule has 0 radical (unpaired) electrons. The molecule has 3 nitrogen and oxygen atoms in total. The molecule has 17 heavy (non-hydrogen) atoms. The molecule has 0 aliphatic heterocycles. The third-order valence-corrected chi connectivity index (χ3v) is 3.13. The van der Waals surface area contributed by atoms with E-state index in [-0.39, 0.29) is 0 Å². The minimum atomic E-state index is 0.309. The molecule has 0 aliphatic rings. The van der Waals surface area contributed by atoms with Gasteiger partial charge in [0.05, 0.1) is 0 Å². The molecule has 1 heterocycles. The fourth-order valence-corrected chi connectivity index (χ4v) is 1.83. The van der Waals surface area contributed by atoms with Crippen LogP contribution in [0, 0.1) is 0 Å². The van der Waals surface area contributed by atoms with Gasteiger partial charge in [-0.25, -0.2) is 9.97 Å². The average molecular weight is 292 g/mol. The number of rotatable bonds is 4. The molecule has 2 aromatic rings. The van der Waals surface area contributed by atoms with Gasteiger partial charge >= 0.3 is 0 Å². The molecule has 4 heteroatoms. The van der Waals surface area contributed by atoms with E-state index < -0.39 is 0 Å². The van der Waals surface area contributed by atoms with Gasteiger partial charge in [-0.2, -0.15) is 0 Å². The zero-order chi connectivity index (χ0) is 12.1. The molecule has 0 bridgehead atoms. The molecule has 88 valence electrons. The Kier molecular flexibility index (Phi) is 4.23. The maximum Gasteiger partial charge on any atom is 0.115 e. The summed E-state index contributed by atoms with van der Waals surface area (Å²) in [5.74, 6) is 0. The summed E-state index contributed by atoms with van der Waals surface area (Å²) >= 11 is 3.43. The van der Waals surface area contributed by atoms with Crippen molar-refractivity contribution < 1.29 is 0 Å². The first-order chi connectivity index (χ1) is 8.25. The van der Waals surface area contributed by atoms with Crippen molar-refractivity contribution in [3.05, 3.63) is 58.6 Å². The third-order valence-electron chi connectivity index (χ3n) is 2.60. The lowest BCUT2D eigenvalue weighted by Crippen LogP contribution is -2.18. The van der Waals surface area contributed by atoms with Crippen LogP contribution in [0.25, 0.3) is 0 Å². The fourth-order valence-electron chi connectivity index (χ4n) is 1.56. The Labute approximate surface area is 109 Å². The number of nitrogens with zero attached hydrogens (tertiary/aromatic N) is 2. The van der Waals surface area contributed by atoms with Crippen LogP contribution < -0.4 is 5.32 Å². The zero-order valence-electron chi connectivity index (χ0n) is 9.60. The number of hydrogen-bond donors (Lipinski definition) is 1. The lowest BCUT2D eigenvalue weighted by molar-refractivity contribution is 0.572. The Morgan fingerprint density at radius 1 is 1.18 bits per heavy atom. The molecule has 1 aromatic carbocycles. The van der Waals surface area contributed by atoms with E-state index in [1.165, 1.54) is 5.56 Å². The monoisotopic (exact) mass is 291 g/mol. The van der Waals surface area contributed by atoms with E-state index in [0.717, 1.165) is 16.6 Å². The van der Waals surface area contributed by atoms with E-state index in [4.69, 9.17) is 0 Å². The van der Waals surface area contributed by atoms with Crippen LogP contribution in [0.5, 0.6) is 0 Å². The summed E-state index contributed by atoms with van der Waals surface area (Å²) in [7, 11) is 0. The average Bonchev–Trinajstić information content (AvgIpc) is 2.38. The number of aromatic nitrogens is 2. The second-order valence-corrected chi connectivity index (χ2v) is 4.82. The highest BCUT2D eigenvalue weighted by molar-refractivity contribution is 9.10. The molecular weight excluding hydrogens is 278 g/mol. The summed E-state index contributed by atoms with van der Waals surface area (Å²) in [6.07, 6.45) is 5.20. The molecule has 0 spiro atoms. The Morgan fingerprint density at radius 2 is 1.82 bits per heavy atom. The predicted molar refractivity (Wildman–Crippen MR) is 71.4 cm³/mol. The Balaban J connectivity index is 1.93. The van der Waals surface area contributed by atoms with Crippen molar-refractivity contribution in [3.63, 3.8) is 0 Å². The van der Waals surface area contributed by atoms with Crippen molar-refractivity contribution in [2.45, 2.75) is 19.5 Å². The number of hydrogen-bond acceptors (Lipinski definition) is 3.